The lowest BCUT2D eigenvalue weighted by molar-refractivity contribution is -0.0447. The van der Waals surface area contributed by atoms with Crippen molar-refractivity contribution in [3.8, 4) is 0 Å². The van der Waals surface area contributed by atoms with Crippen molar-refractivity contribution in [1.82, 2.24) is 9.88 Å². The van der Waals surface area contributed by atoms with Gasteiger partial charge in [0.25, 0.3) is 5.91 Å². The lowest BCUT2D eigenvalue weighted by atomic mass is 10.2. The van der Waals surface area contributed by atoms with Crippen LogP contribution in [0.3, 0.4) is 0 Å². The van der Waals surface area contributed by atoms with Gasteiger partial charge in [-0.25, -0.2) is 4.98 Å². The zero-order valence-corrected chi connectivity index (χ0v) is 12.1. The lowest BCUT2D eigenvalue weighted by Crippen LogP contribution is -2.46. The van der Waals surface area contributed by atoms with Crippen LogP contribution in [-0.2, 0) is 4.74 Å². The van der Waals surface area contributed by atoms with Crippen LogP contribution in [0.1, 0.15) is 17.3 Å². The van der Waals surface area contributed by atoms with E-state index in [0.717, 1.165) is 0 Å². The number of aromatic nitrogens is 1. The molecule has 2 heterocycles. The molecule has 1 fully saturated rings. The van der Waals surface area contributed by atoms with E-state index in [1.165, 1.54) is 6.20 Å². The minimum absolute atomic E-state index is 0.0951. The standard InChI is InChI=1S/C13H18ClN3O3/c1-2-15-12-11(14)5-9(6-16-12)13(19)17-3-4-20-10(7-17)8-18/h5-6,10,18H,2-4,7-8H2,1H3,(H,15,16). The summed E-state index contributed by atoms with van der Waals surface area (Å²) in [5.41, 5.74) is 0.440. The summed E-state index contributed by atoms with van der Waals surface area (Å²) in [4.78, 5) is 18.1. The fraction of sp³-hybridized carbons (Fsp3) is 0.538. The second-order valence-corrected chi connectivity index (χ2v) is 4.92. The summed E-state index contributed by atoms with van der Waals surface area (Å²) in [5, 5.41) is 12.5. The first-order chi connectivity index (χ1) is 9.65. The van der Waals surface area contributed by atoms with Gasteiger partial charge in [-0.1, -0.05) is 11.6 Å². The Morgan fingerprint density at radius 1 is 1.70 bits per heavy atom. The van der Waals surface area contributed by atoms with Gasteiger partial charge in [0.05, 0.1) is 29.9 Å². The normalized spacial score (nSPS) is 18.9. The maximum absolute atomic E-state index is 12.4. The van der Waals surface area contributed by atoms with Crippen LogP contribution in [0.2, 0.25) is 5.02 Å². The predicted octanol–water partition coefficient (Wildman–Crippen LogP) is 1.00. The van der Waals surface area contributed by atoms with E-state index in [4.69, 9.17) is 21.4 Å². The third kappa shape index (κ3) is 3.39. The number of nitrogens with one attached hydrogen (secondary N) is 1. The first-order valence-electron chi connectivity index (χ1n) is 6.56. The van der Waals surface area contributed by atoms with Crippen molar-refractivity contribution in [3.05, 3.63) is 22.8 Å². The number of carbonyl (C=O) groups is 1. The molecule has 0 aliphatic carbocycles. The van der Waals surface area contributed by atoms with Crippen LogP contribution in [-0.4, -0.2) is 59.8 Å². The van der Waals surface area contributed by atoms with Crippen LogP contribution < -0.4 is 5.32 Å². The van der Waals surface area contributed by atoms with Gasteiger partial charge in [0.15, 0.2) is 0 Å². The number of halogens is 1. The van der Waals surface area contributed by atoms with Crippen LogP contribution in [0.4, 0.5) is 5.82 Å². The molecule has 20 heavy (non-hydrogen) atoms. The fourth-order valence-corrected chi connectivity index (χ4v) is 2.28. The summed E-state index contributed by atoms with van der Waals surface area (Å²) >= 11 is 6.09. The molecule has 0 saturated carbocycles. The number of anilines is 1. The number of hydrogen-bond acceptors (Lipinski definition) is 5. The molecule has 2 N–H and O–H groups in total. The maximum Gasteiger partial charge on any atom is 0.255 e. The first kappa shape index (κ1) is 15.0. The molecule has 1 amide bonds. The molecular formula is C13H18ClN3O3. The highest BCUT2D eigenvalue weighted by Gasteiger charge is 2.25. The van der Waals surface area contributed by atoms with Crippen molar-refractivity contribution < 1.29 is 14.6 Å². The minimum Gasteiger partial charge on any atom is -0.394 e. The summed E-state index contributed by atoms with van der Waals surface area (Å²) in [5.74, 6) is 0.421. The average molecular weight is 300 g/mol. The molecule has 0 radical (unpaired) electrons. The molecule has 1 atom stereocenters. The highest BCUT2D eigenvalue weighted by molar-refractivity contribution is 6.33. The Labute approximate surface area is 122 Å². The van der Waals surface area contributed by atoms with Gasteiger partial charge in [0, 0.05) is 25.8 Å². The third-order valence-corrected chi connectivity index (χ3v) is 3.35. The van der Waals surface area contributed by atoms with Crippen LogP contribution in [0, 0.1) is 0 Å². The van der Waals surface area contributed by atoms with Crippen molar-refractivity contribution >= 4 is 23.3 Å². The second-order valence-electron chi connectivity index (χ2n) is 4.51. The quantitative estimate of drug-likeness (QED) is 0.867. The molecule has 1 saturated heterocycles. The number of pyridine rings is 1. The molecule has 110 valence electrons. The molecule has 1 aliphatic heterocycles. The summed E-state index contributed by atoms with van der Waals surface area (Å²) < 4.78 is 5.32. The van der Waals surface area contributed by atoms with Crippen molar-refractivity contribution in [2.75, 3.05) is 38.2 Å². The van der Waals surface area contributed by atoms with E-state index in [-0.39, 0.29) is 18.6 Å². The van der Waals surface area contributed by atoms with Crippen molar-refractivity contribution in [2.24, 2.45) is 0 Å². The zero-order chi connectivity index (χ0) is 14.5. The van der Waals surface area contributed by atoms with E-state index in [1.54, 1.807) is 11.0 Å². The molecule has 1 aromatic heterocycles. The molecule has 1 aliphatic rings. The summed E-state index contributed by atoms with van der Waals surface area (Å²) in [6.07, 6.45) is 1.19. The van der Waals surface area contributed by atoms with Crippen molar-refractivity contribution in [2.45, 2.75) is 13.0 Å². The van der Waals surface area contributed by atoms with E-state index in [1.807, 2.05) is 6.92 Å². The molecule has 6 nitrogen and oxygen atoms in total. The van der Waals surface area contributed by atoms with E-state index >= 15 is 0 Å². The van der Waals surface area contributed by atoms with Crippen LogP contribution in [0.5, 0.6) is 0 Å². The number of nitrogens with zero attached hydrogens (tertiary/aromatic N) is 2. The van der Waals surface area contributed by atoms with Crippen LogP contribution >= 0.6 is 11.6 Å². The Balaban J connectivity index is 2.10. The van der Waals surface area contributed by atoms with Gasteiger partial charge in [-0.05, 0) is 13.0 Å². The number of morpholine rings is 1. The Kier molecular flexibility index (Phi) is 5.17. The monoisotopic (exact) mass is 299 g/mol. The van der Waals surface area contributed by atoms with Gasteiger partial charge >= 0.3 is 0 Å². The third-order valence-electron chi connectivity index (χ3n) is 3.06. The Hall–Kier alpha value is -1.37. The number of rotatable bonds is 4. The SMILES string of the molecule is CCNc1ncc(C(=O)N2CCOC(CO)C2)cc1Cl. The largest absolute Gasteiger partial charge is 0.394 e. The molecule has 1 unspecified atom stereocenters. The van der Waals surface area contributed by atoms with Gasteiger partial charge in [-0.2, -0.15) is 0 Å². The molecule has 0 bridgehead atoms. The Morgan fingerprint density at radius 3 is 3.15 bits per heavy atom. The number of aliphatic hydroxyl groups excluding tert-OH is 1. The summed E-state index contributed by atoms with van der Waals surface area (Å²) in [6.45, 7) is 3.86. The molecule has 1 aromatic rings. The van der Waals surface area contributed by atoms with Crippen LogP contribution in [0.15, 0.2) is 12.3 Å². The summed E-state index contributed by atoms with van der Waals surface area (Å²) in [6, 6.07) is 1.61. The number of carbonyl (C=O) groups excluding carboxylic acids is 1. The van der Waals surface area contributed by atoms with Gasteiger partial charge in [-0.3, -0.25) is 4.79 Å². The average Bonchev–Trinajstić information content (AvgIpc) is 2.49. The van der Waals surface area contributed by atoms with Gasteiger partial charge in [0.2, 0.25) is 0 Å². The molecule has 2 rings (SSSR count). The van der Waals surface area contributed by atoms with E-state index in [9.17, 15) is 4.79 Å². The van der Waals surface area contributed by atoms with Crippen LogP contribution in [0.25, 0.3) is 0 Å². The fourth-order valence-electron chi connectivity index (χ4n) is 2.05. The topological polar surface area (TPSA) is 74.7 Å². The zero-order valence-electron chi connectivity index (χ0n) is 11.3. The molecule has 0 aromatic carbocycles. The van der Waals surface area contributed by atoms with Crippen molar-refractivity contribution in [1.29, 1.82) is 0 Å². The molecular weight excluding hydrogens is 282 g/mol. The van der Waals surface area contributed by atoms with Crippen molar-refractivity contribution in [3.63, 3.8) is 0 Å². The van der Waals surface area contributed by atoms with E-state index < -0.39 is 0 Å². The summed E-state index contributed by atoms with van der Waals surface area (Å²) in [7, 11) is 0. The first-order valence-corrected chi connectivity index (χ1v) is 6.94. The smallest absolute Gasteiger partial charge is 0.255 e. The van der Waals surface area contributed by atoms with E-state index in [2.05, 4.69) is 10.3 Å². The molecule has 0 spiro atoms. The lowest BCUT2D eigenvalue weighted by Gasteiger charge is -2.32. The maximum atomic E-state index is 12.4. The van der Waals surface area contributed by atoms with Gasteiger partial charge < -0.3 is 20.1 Å². The molecule has 7 heteroatoms. The number of aliphatic hydroxyl groups is 1. The van der Waals surface area contributed by atoms with Gasteiger partial charge in [0.1, 0.15) is 5.82 Å². The van der Waals surface area contributed by atoms with E-state index in [0.29, 0.717) is 42.6 Å². The predicted molar refractivity (Wildman–Crippen MR) is 76.1 cm³/mol. The highest BCUT2D eigenvalue weighted by Crippen LogP contribution is 2.21. The number of amides is 1. The number of ether oxygens (including phenoxy) is 1. The Bertz CT molecular complexity index is 484. The highest BCUT2D eigenvalue weighted by atomic mass is 35.5. The van der Waals surface area contributed by atoms with Gasteiger partial charge in [-0.15, -0.1) is 0 Å². The minimum atomic E-state index is -0.322. The Morgan fingerprint density at radius 2 is 2.50 bits per heavy atom. The number of hydrogen-bond donors (Lipinski definition) is 2. The second kappa shape index (κ2) is 6.88.